The number of benzene rings is 1. The molecule has 2 aromatic rings. The Morgan fingerprint density at radius 3 is 2.64 bits per heavy atom. The van der Waals surface area contributed by atoms with Crippen LogP contribution in [0.1, 0.15) is 12.8 Å². The van der Waals surface area contributed by atoms with Crippen LogP contribution in [0.2, 0.25) is 0 Å². The zero-order valence-corrected chi connectivity index (χ0v) is 13.9. The molecule has 1 aromatic carbocycles. The lowest BCUT2D eigenvalue weighted by molar-refractivity contribution is -0.135. The first-order valence-electron chi connectivity index (χ1n) is 7.81. The number of nitrogens with zero attached hydrogens (tertiary/aromatic N) is 3. The van der Waals surface area contributed by atoms with Crippen molar-refractivity contribution in [1.29, 1.82) is 0 Å². The first-order chi connectivity index (χ1) is 10.7. The molecule has 4 nitrogen and oxygen atoms in total. The first kappa shape index (κ1) is 14.0. The van der Waals surface area contributed by atoms with E-state index in [0.717, 1.165) is 60.2 Å². The molecular formula is C17H18BrN3O. The molecule has 4 rings (SSSR count). The van der Waals surface area contributed by atoms with Crippen LogP contribution in [0.4, 0.5) is 5.82 Å². The molecule has 114 valence electrons. The van der Waals surface area contributed by atoms with Crippen LogP contribution in [0.25, 0.3) is 10.9 Å². The van der Waals surface area contributed by atoms with E-state index >= 15 is 0 Å². The lowest BCUT2D eigenvalue weighted by Crippen LogP contribution is -2.54. The van der Waals surface area contributed by atoms with Crippen LogP contribution >= 0.6 is 15.9 Å². The first-order valence-corrected chi connectivity index (χ1v) is 8.60. The average Bonchev–Trinajstić information content (AvgIpc) is 2.99. The second-order valence-electron chi connectivity index (χ2n) is 6.14. The molecule has 2 aliphatic rings. The monoisotopic (exact) mass is 359 g/mol. The number of likely N-dealkylation sites (tertiary alicyclic amines) is 1. The second kappa shape index (κ2) is 5.54. The number of carbonyl (C=O) groups excluding carboxylic acids is 1. The van der Waals surface area contributed by atoms with Gasteiger partial charge >= 0.3 is 0 Å². The van der Waals surface area contributed by atoms with Crippen LogP contribution in [-0.4, -0.2) is 42.0 Å². The predicted octanol–water partition coefficient (Wildman–Crippen LogP) is 3.06. The van der Waals surface area contributed by atoms with Crippen molar-refractivity contribution < 1.29 is 4.79 Å². The minimum atomic E-state index is 0.151. The molecule has 3 heterocycles. The fourth-order valence-corrected chi connectivity index (χ4v) is 3.62. The minimum Gasteiger partial charge on any atom is -0.355 e. The van der Waals surface area contributed by atoms with Crippen molar-refractivity contribution in [3.8, 4) is 0 Å². The van der Waals surface area contributed by atoms with Crippen molar-refractivity contribution in [3.63, 3.8) is 0 Å². The van der Waals surface area contributed by atoms with E-state index < -0.39 is 0 Å². The van der Waals surface area contributed by atoms with Gasteiger partial charge in [0, 0.05) is 36.0 Å². The van der Waals surface area contributed by atoms with Gasteiger partial charge in [-0.1, -0.05) is 22.0 Å². The molecule has 1 amide bonds. The fraction of sp³-hybridized carbons (Fsp3) is 0.412. The summed E-state index contributed by atoms with van der Waals surface area (Å²) in [5.74, 6) is 1.45. The molecule has 5 heteroatoms. The quantitative estimate of drug-likeness (QED) is 0.826. The summed E-state index contributed by atoms with van der Waals surface area (Å²) in [6.45, 7) is 3.47. The molecule has 0 N–H and O–H groups in total. The third kappa shape index (κ3) is 2.47. The normalized spacial score (nSPS) is 18.8. The number of amides is 1. The summed E-state index contributed by atoms with van der Waals surface area (Å²) in [5, 5.41) is 1.14. The van der Waals surface area contributed by atoms with Crippen LogP contribution in [-0.2, 0) is 4.79 Å². The van der Waals surface area contributed by atoms with E-state index in [-0.39, 0.29) is 5.92 Å². The second-order valence-corrected chi connectivity index (χ2v) is 7.06. The molecule has 0 spiro atoms. The maximum absolute atomic E-state index is 12.3. The Hall–Kier alpha value is -1.62. The Bertz CT molecular complexity index is 721. The maximum atomic E-state index is 12.3. The summed E-state index contributed by atoms with van der Waals surface area (Å²) in [7, 11) is 0. The Balaban J connectivity index is 1.47. The van der Waals surface area contributed by atoms with E-state index in [4.69, 9.17) is 4.98 Å². The molecule has 2 aliphatic heterocycles. The summed E-state index contributed by atoms with van der Waals surface area (Å²) in [4.78, 5) is 21.3. The largest absolute Gasteiger partial charge is 0.355 e. The number of aromatic nitrogens is 1. The minimum absolute atomic E-state index is 0.151. The topological polar surface area (TPSA) is 36.4 Å². The van der Waals surface area contributed by atoms with Crippen molar-refractivity contribution in [2.24, 2.45) is 5.92 Å². The van der Waals surface area contributed by atoms with Gasteiger partial charge in [0.15, 0.2) is 0 Å². The van der Waals surface area contributed by atoms with Crippen LogP contribution < -0.4 is 4.90 Å². The molecule has 0 atom stereocenters. The van der Waals surface area contributed by atoms with E-state index in [9.17, 15) is 4.79 Å². The van der Waals surface area contributed by atoms with Gasteiger partial charge in [0.1, 0.15) is 5.82 Å². The van der Waals surface area contributed by atoms with Gasteiger partial charge in [-0.05, 0) is 37.1 Å². The molecule has 2 saturated heterocycles. The number of hydrogen-bond donors (Lipinski definition) is 0. The van der Waals surface area contributed by atoms with Crippen molar-refractivity contribution in [3.05, 3.63) is 34.8 Å². The van der Waals surface area contributed by atoms with Crippen molar-refractivity contribution in [2.75, 3.05) is 31.1 Å². The van der Waals surface area contributed by atoms with E-state index in [1.165, 1.54) is 0 Å². The molecule has 22 heavy (non-hydrogen) atoms. The Morgan fingerprint density at radius 2 is 1.86 bits per heavy atom. The Labute approximate surface area is 138 Å². The highest BCUT2D eigenvalue weighted by molar-refractivity contribution is 9.10. The standard InChI is InChI=1S/C17H18BrN3O/c18-14-5-3-12-4-6-16(19-15(12)9-14)21-10-13(11-21)17(22)20-7-1-2-8-20/h3-6,9,13H,1-2,7-8,10-11H2. The number of halogens is 1. The van der Waals surface area contributed by atoms with E-state index in [0.29, 0.717) is 5.91 Å². The van der Waals surface area contributed by atoms with E-state index in [1.54, 1.807) is 0 Å². The lowest BCUT2D eigenvalue weighted by atomic mass is 9.98. The number of pyridine rings is 1. The van der Waals surface area contributed by atoms with Gasteiger partial charge in [0.05, 0.1) is 11.4 Å². The summed E-state index contributed by atoms with van der Waals surface area (Å²) in [6.07, 6.45) is 2.31. The summed E-state index contributed by atoms with van der Waals surface area (Å²) in [6, 6.07) is 10.3. The van der Waals surface area contributed by atoms with Gasteiger partial charge in [-0.2, -0.15) is 0 Å². The van der Waals surface area contributed by atoms with Gasteiger partial charge in [-0.25, -0.2) is 4.98 Å². The fourth-order valence-electron chi connectivity index (χ4n) is 3.27. The van der Waals surface area contributed by atoms with E-state index in [2.05, 4.69) is 33.0 Å². The van der Waals surface area contributed by atoms with Crippen molar-refractivity contribution >= 4 is 38.6 Å². The van der Waals surface area contributed by atoms with Gasteiger partial charge in [0.25, 0.3) is 0 Å². The van der Waals surface area contributed by atoms with Crippen LogP contribution in [0.5, 0.6) is 0 Å². The molecule has 2 fully saturated rings. The molecule has 0 bridgehead atoms. The van der Waals surface area contributed by atoms with E-state index in [1.807, 2.05) is 23.1 Å². The molecule has 0 aliphatic carbocycles. The van der Waals surface area contributed by atoms with Crippen molar-refractivity contribution in [2.45, 2.75) is 12.8 Å². The maximum Gasteiger partial charge on any atom is 0.229 e. The number of anilines is 1. The number of hydrogen-bond acceptors (Lipinski definition) is 3. The highest BCUT2D eigenvalue weighted by Crippen LogP contribution is 2.28. The van der Waals surface area contributed by atoms with Crippen LogP contribution in [0.3, 0.4) is 0 Å². The number of rotatable bonds is 2. The molecule has 1 aromatic heterocycles. The highest BCUT2D eigenvalue weighted by atomic mass is 79.9. The lowest BCUT2D eigenvalue weighted by Gasteiger charge is -2.40. The zero-order valence-electron chi connectivity index (χ0n) is 12.3. The van der Waals surface area contributed by atoms with Crippen molar-refractivity contribution in [1.82, 2.24) is 9.88 Å². The molecular weight excluding hydrogens is 342 g/mol. The SMILES string of the molecule is O=C(C1CN(c2ccc3ccc(Br)cc3n2)C1)N1CCCC1. The molecule has 0 unspecified atom stereocenters. The number of fused-ring (bicyclic) bond motifs is 1. The van der Waals surface area contributed by atoms with Gasteiger partial charge in [0.2, 0.25) is 5.91 Å². The number of carbonyl (C=O) groups is 1. The summed E-state index contributed by atoms with van der Waals surface area (Å²) >= 11 is 3.49. The average molecular weight is 360 g/mol. The molecule has 0 saturated carbocycles. The van der Waals surface area contributed by atoms with Gasteiger partial charge in [-0.15, -0.1) is 0 Å². The van der Waals surface area contributed by atoms with Gasteiger partial charge < -0.3 is 9.80 Å². The smallest absolute Gasteiger partial charge is 0.229 e. The predicted molar refractivity (Wildman–Crippen MR) is 91.0 cm³/mol. The Morgan fingerprint density at radius 1 is 1.14 bits per heavy atom. The third-order valence-electron chi connectivity index (χ3n) is 4.61. The zero-order chi connectivity index (χ0) is 15.1. The highest BCUT2D eigenvalue weighted by Gasteiger charge is 2.36. The summed E-state index contributed by atoms with van der Waals surface area (Å²) in [5.41, 5.74) is 0.987. The molecule has 0 radical (unpaired) electrons. The Kier molecular flexibility index (Phi) is 3.53. The van der Waals surface area contributed by atoms with Gasteiger partial charge in [-0.3, -0.25) is 4.79 Å². The third-order valence-corrected chi connectivity index (χ3v) is 5.11. The summed E-state index contributed by atoms with van der Waals surface area (Å²) < 4.78 is 1.04. The van der Waals surface area contributed by atoms with Crippen LogP contribution in [0, 0.1) is 5.92 Å². The van der Waals surface area contributed by atoms with Crippen LogP contribution in [0.15, 0.2) is 34.8 Å².